The van der Waals surface area contributed by atoms with Gasteiger partial charge in [0.2, 0.25) is 0 Å². The maximum Gasteiger partial charge on any atom is 0.278 e. The summed E-state index contributed by atoms with van der Waals surface area (Å²) >= 11 is 5.70. The van der Waals surface area contributed by atoms with Crippen LogP contribution in [-0.4, -0.2) is 34.0 Å². The lowest BCUT2D eigenvalue weighted by molar-refractivity contribution is 0.102. The molecular weight excluding hydrogens is 321 g/mol. The Kier molecular flexibility index (Phi) is 4.58. The second kappa shape index (κ2) is 6.64. The van der Waals surface area contributed by atoms with Gasteiger partial charge in [-0.15, -0.1) is 5.10 Å². The molecule has 122 valence electrons. The maximum absolute atomic E-state index is 13.8. The van der Waals surface area contributed by atoms with E-state index in [0.29, 0.717) is 5.69 Å². The Hall–Kier alpha value is -1.99. The third-order valence-electron chi connectivity index (χ3n) is 3.98. The van der Waals surface area contributed by atoms with Gasteiger partial charge >= 0.3 is 0 Å². The number of anilines is 1. The lowest BCUT2D eigenvalue weighted by atomic mass is 10.1. The van der Waals surface area contributed by atoms with E-state index in [1.54, 1.807) is 11.6 Å². The van der Waals surface area contributed by atoms with E-state index in [1.807, 2.05) is 0 Å². The summed E-state index contributed by atoms with van der Waals surface area (Å²) in [5.74, 6) is -1.07. The molecule has 2 heterocycles. The van der Waals surface area contributed by atoms with Crippen LogP contribution in [0.1, 0.15) is 35.1 Å². The molecule has 0 radical (unpaired) electrons. The van der Waals surface area contributed by atoms with Crippen LogP contribution >= 0.6 is 11.6 Å². The smallest absolute Gasteiger partial charge is 0.278 e. The molecule has 1 saturated heterocycles. The Morgan fingerprint density at radius 2 is 2.17 bits per heavy atom. The van der Waals surface area contributed by atoms with E-state index >= 15 is 0 Å². The Bertz CT molecular complexity index is 727. The molecule has 0 saturated carbocycles. The zero-order chi connectivity index (χ0) is 16.4. The van der Waals surface area contributed by atoms with Crippen LogP contribution < -0.4 is 10.6 Å². The molecule has 1 aromatic heterocycles. The number of benzene rings is 1. The van der Waals surface area contributed by atoms with E-state index in [-0.39, 0.29) is 22.4 Å². The van der Waals surface area contributed by atoms with E-state index in [0.717, 1.165) is 32.0 Å². The number of rotatable bonds is 3. The first-order valence-electron chi connectivity index (χ1n) is 7.45. The van der Waals surface area contributed by atoms with Crippen LogP contribution in [0.2, 0.25) is 5.02 Å². The van der Waals surface area contributed by atoms with Crippen molar-refractivity contribution in [2.75, 3.05) is 18.4 Å². The highest BCUT2D eigenvalue weighted by atomic mass is 35.5. The van der Waals surface area contributed by atoms with Crippen LogP contribution in [0.25, 0.3) is 0 Å². The van der Waals surface area contributed by atoms with Crippen molar-refractivity contribution in [3.8, 4) is 0 Å². The number of piperidine rings is 1. The fraction of sp³-hybridized carbons (Fsp3) is 0.400. The molecule has 23 heavy (non-hydrogen) atoms. The molecule has 2 aromatic rings. The van der Waals surface area contributed by atoms with Crippen molar-refractivity contribution in [2.24, 2.45) is 0 Å². The summed E-state index contributed by atoms with van der Waals surface area (Å²) in [5.41, 5.74) is 0.955. The highest BCUT2D eigenvalue weighted by Gasteiger charge is 2.23. The third kappa shape index (κ3) is 3.35. The Labute approximate surface area is 138 Å². The SMILES string of the molecule is Cc1c(C(=O)Nc2ccc(Cl)cc2F)nnn1C1CCNCC1. The van der Waals surface area contributed by atoms with Crippen molar-refractivity contribution in [1.82, 2.24) is 20.3 Å². The molecule has 1 aliphatic rings. The molecule has 1 aliphatic heterocycles. The summed E-state index contributed by atoms with van der Waals surface area (Å²) in [7, 11) is 0. The van der Waals surface area contributed by atoms with E-state index in [2.05, 4.69) is 20.9 Å². The number of hydrogen-bond donors (Lipinski definition) is 2. The molecule has 8 heteroatoms. The number of nitrogens with one attached hydrogen (secondary N) is 2. The number of hydrogen-bond acceptors (Lipinski definition) is 4. The average molecular weight is 338 g/mol. The lowest BCUT2D eigenvalue weighted by Crippen LogP contribution is -2.30. The van der Waals surface area contributed by atoms with Gasteiger partial charge in [0.15, 0.2) is 5.69 Å². The van der Waals surface area contributed by atoms with Gasteiger partial charge in [0.25, 0.3) is 5.91 Å². The summed E-state index contributed by atoms with van der Waals surface area (Å²) in [6.45, 7) is 3.64. The molecule has 1 aromatic carbocycles. The number of carbonyl (C=O) groups excluding carboxylic acids is 1. The van der Waals surface area contributed by atoms with Gasteiger partial charge in [-0.1, -0.05) is 16.8 Å². The average Bonchev–Trinajstić information content (AvgIpc) is 2.92. The number of aromatic nitrogens is 3. The van der Waals surface area contributed by atoms with Crippen molar-refractivity contribution in [1.29, 1.82) is 0 Å². The number of amides is 1. The van der Waals surface area contributed by atoms with Crippen LogP contribution in [0.3, 0.4) is 0 Å². The van der Waals surface area contributed by atoms with Gasteiger partial charge in [0.05, 0.1) is 17.4 Å². The van der Waals surface area contributed by atoms with E-state index in [1.165, 1.54) is 12.1 Å². The van der Waals surface area contributed by atoms with Crippen LogP contribution in [0, 0.1) is 12.7 Å². The standard InChI is InChI=1S/C15H17ClFN5O/c1-9-14(20-21-22(9)11-4-6-18-7-5-11)15(23)19-13-3-2-10(16)8-12(13)17/h2-3,8,11,18H,4-7H2,1H3,(H,19,23). The van der Waals surface area contributed by atoms with E-state index < -0.39 is 11.7 Å². The minimum absolute atomic E-state index is 0.0650. The second-order valence-corrected chi connectivity index (χ2v) is 5.96. The van der Waals surface area contributed by atoms with E-state index in [9.17, 15) is 9.18 Å². The van der Waals surface area contributed by atoms with Crippen LogP contribution in [-0.2, 0) is 0 Å². The highest BCUT2D eigenvalue weighted by Crippen LogP contribution is 2.22. The molecule has 2 N–H and O–H groups in total. The summed E-state index contributed by atoms with van der Waals surface area (Å²) < 4.78 is 15.6. The zero-order valence-electron chi connectivity index (χ0n) is 12.6. The first-order valence-corrected chi connectivity index (χ1v) is 7.83. The summed E-state index contributed by atoms with van der Waals surface area (Å²) in [6, 6.07) is 4.31. The largest absolute Gasteiger partial charge is 0.318 e. The molecule has 1 fully saturated rings. The third-order valence-corrected chi connectivity index (χ3v) is 4.21. The Balaban J connectivity index is 1.78. The maximum atomic E-state index is 13.8. The van der Waals surface area contributed by atoms with Gasteiger partial charge in [-0.3, -0.25) is 4.79 Å². The van der Waals surface area contributed by atoms with Crippen molar-refractivity contribution in [3.05, 3.63) is 40.4 Å². The summed E-state index contributed by atoms with van der Waals surface area (Å²) in [5, 5.41) is 14.1. The molecular formula is C15H17ClFN5O. The Morgan fingerprint density at radius 3 is 2.87 bits per heavy atom. The predicted octanol–water partition coefficient (Wildman–Crippen LogP) is 2.56. The number of carbonyl (C=O) groups is 1. The molecule has 0 spiro atoms. The van der Waals surface area contributed by atoms with Gasteiger partial charge in [-0.25, -0.2) is 9.07 Å². The molecule has 0 bridgehead atoms. The number of nitrogens with zero attached hydrogens (tertiary/aromatic N) is 3. The number of halogens is 2. The lowest BCUT2D eigenvalue weighted by Gasteiger charge is -2.23. The molecule has 6 nitrogen and oxygen atoms in total. The molecule has 0 aliphatic carbocycles. The fourth-order valence-electron chi connectivity index (χ4n) is 2.72. The van der Waals surface area contributed by atoms with Crippen molar-refractivity contribution < 1.29 is 9.18 Å². The fourth-order valence-corrected chi connectivity index (χ4v) is 2.88. The molecule has 0 atom stereocenters. The first-order chi connectivity index (χ1) is 11.1. The van der Waals surface area contributed by atoms with E-state index in [4.69, 9.17) is 11.6 Å². The minimum atomic E-state index is -0.589. The first kappa shape index (κ1) is 15.9. The Morgan fingerprint density at radius 1 is 1.43 bits per heavy atom. The van der Waals surface area contributed by atoms with Crippen molar-refractivity contribution in [2.45, 2.75) is 25.8 Å². The van der Waals surface area contributed by atoms with Crippen molar-refractivity contribution in [3.63, 3.8) is 0 Å². The van der Waals surface area contributed by atoms with Crippen LogP contribution in [0.4, 0.5) is 10.1 Å². The zero-order valence-corrected chi connectivity index (χ0v) is 13.4. The monoisotopic (exact) mass is 337 g/mol. The van der Waals surface area contributed by atoms with Gasteiger partial charge in [0, 0.05) is 5.02 Å². The molecule has 0 unspecified atom stereocenters. The summed E-state index contributed by atoms with van der Waals surface area (Å²) in [4.78, 5) is 12.3. The van der Waals surface area contributed by atoms with Gasteiger partial charge in [-0.05, 0) is 51.1 Å². The van der Waals surface area contributed by atoms with Gasteiger partial charge in [-0.2, -0.15) is 0 Å². The quantitative estimate of drug-likeness (QED) is 0.903. The van der Waals surface area contributed by atoms with Gasteiger partial charge in [0.1, 0.15) is 5.82 Å². The summed E-state index contributed by atoms with van der Waals surface area (Å²) in [6.07, 6.45) is 1.88. The molecule has 3 rings (SSSR count). The highest BCUT2D eigenvalue weighted by molar-refractivity contribution is 6.30. The predicted molar refractivity (Wildman–Crippen MR) is 85.3 cm³/mol. The van der Waals surface area contributed by atoms with Crippen LogP contribution in [0.5, 0.6) is 0 Å². The normalized spacial score (nSPS) is 15.6. The second-order valence-electron chi connectivity index (χ2n) is 5.53. The topological polar surface area (TPSA) is 71.8 Å². The minimum Gasteiger partial charge on any atom is -0.318 e. The van der Waals surface area contributed by atoms with Gasteiger partial charge < -0.3 is 10.6 Å². The van der Waals surface area contributed by atoms with Crippen LogP contribution in [0.15, 0.2) is 18.2 Å². The van der Waals surface area contributed by atoms with Crippen molar-refractivity contribution >= 4 is 23.2 Å². The molecule has 1 amide bonds.